The van der Waals surface area contributed by atoms with Gasteiger partial charge in [-0.25, -0.2) is 21.2 Å². The van der Waals surface area contributed by atoms with Crippen LogP contribution >= 0.6 is 0 Å². The Balaban J connectivity index is 1.43. The normalized spacial score (nSPS) is 17.1. The molecule has 0 aliphatic carbocycles. The van der Waals surface area contributed by atoms with Crippen molar-refractivity contribution in [3.05, 3.63) is 65.8 Å². The maximum absolute atomic E-state index is 13.2. The van der Waals surface area contributed by atoms with Gasteiger partial charge in [-0.05, 0) is 54.8 Å². The number of benzene rings is 2. The number of aromatic nitrogens is 2. The number of hydrogen-bond acceptors (Lipinski definition) is 8. The fourth-order valence-corrected chi connectivity index (χ4v) is 5.91. The molecule has 13 heteroatoms. The van der Waals surface area contributed by atoms with Crippen LogP contribution in [-0.4, -0.2) is 56.1 Å². The Kier molecular flexibility index (Phi) is 6.51. The smallest absolute Gasteiger partial charge is 0.322 e. The molecule has 1 fully saturated rings. The van der Waals surface area contributed by atoms with Crippen molar-refractivity contribution < 1.29 is 30.4 Å². The number of sulfone groups is 1. The number of amides is 1. The number of halogens is 1. The summed E-state index contributed by atoms with van der Waals surface area (Å²) in [5.74, 6) is -0.992. The number of sulfonamides is 1. The van der Waals surface area contributed by atoms with E-state index in [1.165, 1.54) is 12.1 Å². The van der Waals surface area contributed by atoms with Gasteiger partial charge in [-0.3, -0.25) is 10.1 Å². The Morgan fingerprint density at radius 3 is 2.35 bits per heavy atom. The van der Waals surface area contributed by atoms with Crippen LogP contribution in [0.4, 0.5) is 10.4 Å². The molecule has 1 saturated heterocycles. The van der Waals surface area contributed by atoms with E-state index in [0.29, 0.717) is 12.8 Å². The van der Waals surface area contributed by atoms with Crippen LogP contribution in [0.3, 0.4) is 0 Å². The number of nitrogens with one attached hydrogen (secondary N) is 1. The highest BCUT2D eigenvalue weighted by atomic mass is 32.2. The van der Waals surface area contributed by atoms with Crippen LogP contribution in [0.2, 0.25) is 0 Å². The van der Waals surface area contributed by atoms with Crippen LogP contribution in [0.25, 0.3) is 0 Å². The van der Waals surface area contributed by atoms with Crippen molar-refractivity contribution in [2.75, 3.05) is 18.1 Å². The summed E-state index contributed by atoms with van der Waals surface area (Å²) in [6.07, 6.45) is 2.11. The van der Waals surface area contributed by atoms with Crippen molar-refractivity contribution in [1.82, 2.24) is 14.5 Å². The average molecular weight is 509 g/mol. The van der Waals surface area contributed by atoms with Crippen LogP contribution in [0, 0.1) is 5.82 Å². The monoisotopic (exact) mass is 508 g/mol. The van der Waals surface area contributed by atoms with Gasteiger partial charge in [-0.15, -0.1) is 5.10 Å². The lowest BCUT2D eigenvalue weighted by molar-refractivity contribution is -0.119. The Hall–Kier alpha value is -3.16. The molecule has 0 spiro atoms. The van der Waals surface area contributed by atoms with Gasteiger partial charge in [-0.2, -0.15) is 4.31 Å². The van der Waals surface area contributed by atoms with Crippen molar-refractivity contribution in [3.63, 3.8) is 0 Å². The van der Waals surface area contributed by atoms with Crippen LogP contribution < -0.4 is 5.32 Å². The minimum absolute atomic E-state index is 0.101. The third-order valence-corrected chi connectivity index (χ3v) is 8.38. The molecule has 1 aromatic heterocycles. The standard InChI is InChI=1S/C21H21FN4O6S2/c1-33(28,29)16-8-4-14(5-9-16)13-19-24-25-21(32-19)23-20(27)18-3-2-12-26(18)34(30,31)17-10-6-15(22)7-11-17/h4-11,18H,2-3,12-13H2,1H3,(H,23,25,27). The summed E-state index contributed by atoms with van der Waals surface area (Å²) in [5.41, 5.74) is 0.723. The largest absolute Gasteiger partial charge is 0.407 e. The molecule has 34 heavy (non-hydrogen) atoms. The second kappa shape index (κ2) is 9.24. The zero-order valence-corrected chi connectivity index (χ0v) is 19.6. The molecule has 1 atom stereocenters. The molecule has 2 heterocycles. The maximum atomic E-state index is 13.2. The molecular weight excluding hydrogens is 487 g/mol. The number of anilines is 1. The van der Waals surface area contributed by atoms with Gasteiger partial charge < -0.3 is 4.42 Å². The molecule has 0 bridgehead atoms. The molecule has 180 valence electrons. The molecule has 4 rings (SSSR count). The fourth-order valence-electron chi connectivity index (χ4n) is 3.63. The molecule has 3 aromatic rings. The van der Waals surface area contributed by atoms with Gasteiger partial charge in [0, 0.05) is 12.8 Å². The number of hydrogen-bond donors (Lipinski definition) is 1. The van der Waals surface area contributed by atoms with Gasteiger partial charge >= 0.3 is 6.01 Å². The molecular formula is C21H21FN4O6S2. The lowest BCUT2D eigenvalue weighted by Gasteiger charge is -2.22. The topological polar surface area (TPSA) is 140 Å². The van der Waals surface area contributed by atoms with Gasteiger partial charge in [0.1, 0.15) is 11.9 Å². The highest BCUT2D eigenvalue weighted by Crippen LogP contribution is 2.27. The van der Waals surface area contributed by atoms with Gasteiger partial charge in [-0.1, -0.05) is 17.2 Å². The van der Waals surface area contributed by atoms with E-state index in [9.17, 15) is 26.0 Å². The molecule has 0 radical (unpaired) electrons. The SMILES string of the molecule is CS(=O)(=O)c1ccc(Cc2nnc(NC(=O)C3CCCN3S(=O)(=O)c3ccc(F)cc3)o2)cc1. The van der Waals surface area contributed by atoms with E-state index in [2.05, 4.69) is 15.5 Å². The second-order valence-electron chi connectivity index (χ2n) is 7.81. The summed E-state index contributed by atoms with van der Waals surface area (Å²) in [5, 5.41) is 10.1. The second-order valence-corrected chi connectivity index (χ2v) is 11.7. The summed E-state index contributed by atoms with van der Waals surface area (Å²) < 4.78 is 68.7. The first-order chi connectivity index (χ1) is 16.0. The number of carbonyl (C=O) groups excluding carboxylic acids is 1. The highest BCUT2D eigenvalue weighted by molar-refractivity contribution is 7.90. The van der Waals surface area contributed by atoms with Crippen LogP contribution in [0.1, 0.15) is 24.3 Å². The summed E-state index contributed by atoms with van der Waals surface area (Å²) >= 11 is 0. The molecule has 1 N–H and O–H groups in total. The Bertz CT molecular complexity index is 1400. The van der Waals surface area contributed by atoms with E-state index >= 15 is 0 Å². The van der Waals surface area contributed by atoms with E-state index in [1.807, 2.05) is 0 Å². The average Bonchev–Trinajstić information content (AvgIpc) is 3.44. The van der Waals surface area contributed by atoms with E-state index in [1.54, 1.807) is 12.1 Å². The molecule has 0 saturated carbocycles. The van der Waals surface area contributed by atoms with Gasteiger partial charge in [0.2, 0.25) is 21.8 Å². The molecule has 10 nitrogen and oxygen atoms in total. The third-order valence-electron chi connectivity index (χ3n) is 5.33. The van der Waals surface area contributed by atoms with Crippen LogP contribution in [0.15, 0.2) is 62.7 Å². The first-order valence-electron chi connectivity index (χ1n) is 10.2. The summed E-state index contributed by atoms with van der Waals surface area (Å²) in [4.78, 5) is 12.9. The van der Waals surface area contributed by atoms with Gasteiger partial charge in [0.25, 0.3) is 0 Å². The zero-order chi connectivity index (χ0) is 24.5. The fraction of sp³-hybridized carbons (Fsp3) is 0.286. The Labute approximate surface area is 195 Å². The lowest BCUT2D eigenvalue weighted by Crippen LogP contribution is -2.43. The van der Waals surface area contributed by atoms with Crippen LogP contribution in [0.5, 0.6) is 0 Å². The quantitative estimate of drug-likeness (QED) is 0.511. The summed E-state index contributed by atoms with van der Waals surface area (Å²) in [6, 6.07) is 9.44. The van der Waals surface area contributed by atoms with E-state index in [4.69, 9.17) is 4.42 Å². The zero-order valence-electron chi connectivity index (χ0n) is 18.0. The lowest BCUT2D eigenvalue weighted by atomic mass is 10.1. The Morgan fingerprint density at radius 1 is 1.06 bits per heavy atom. The van der Waals surface area contributed by atoms with E-state index in [0.717, 1.165) is 40.4 Å². The molecule has 2 aromatic carbocycles. The number of carbonyl (C=O) groups is 1. The first-order valence-corrected chi connectivity index (χ1v) is 13.6. The van der Waals surface area contributed by atoms with Gasteiger partial charge in [0.15, 0.2) is 9.84 Å². The molecule has 1 aliphatic rings. The maximum Gasteiger partial charge on any atom is 0.322 e. The minimum Gasteiger partial charge on any atom is -0.407 e. The predicted octanol–water partition coefficient (Wildman–Crippen LogP) is 1.99. The molecule has 1 amide bonds. The van der Waals surface area contributed by atoms with E-state index < -0.39 is 37.6 Å². The Morgan fingerprint density at radius 2 is 1.71 bits per heavy atom. The molecule has 1 unspecified atom stereocenters. The van der Waals surface area contributed by atoms with Gasteiger partial charge in [0.05, 0.1) is 16.2 Å². The third kappa shape index (κ3) is 5.16. The van der Waals surface area contributed by atoms with Crippen molar-refractivity contribution in [2.45, 2.75) is 35.1 Å². The first kappa shape index (κ1) is 24.0. The van der Waals surface area contributed by atoms with Crippen LogP contribution in [-0.2, 0) is 31.1 Å². The molecule has 1 aliphatic heterocycles. The van der Waals surface area contributed by atoms with Crippen molar-refractivity contribution in [1.29, 1.82) is 0 Å². The number of nitrogens with zero attached hydrogens (tertiary/aromatic N) is 3. The van der Waals surface area contributed by atoms with E-state index in [-0.39, 0.29) is 34.7 Å². The van der Waals surface area contributed by atoms with Crippen molar-refractivity contribution in [3.8, 4) is 0 Å². The highest BCUT2D eigenvalue weighted by Gasteiger charge is 2.39. The summed E-state index contributed by atoms with van der Waals surface area (Å²) in [6.45, 7) is 0.149. The summed E-state index contributed by atoms with van der Waals surface area (Å²) in [7, 11) is -7.30. The predicted molar refractivity (Wildman–Crippen MR) is 119 cm³/mol. The number of rotatable bonds is 7. The van der Waals surface area contributed by atoms with Crippen molar-refractivity contribution >= 4 is 31.8 Å². The van der Waals surface area contributed by atoms with Crippen molar-refractivity contribution in [2.24, 2.45) is 0 Å². The minimum atomic E-state index is -4.00.